The van der Waals surface area contributed by atoms with Crippen molar-refractivity contribution < 1.29 is 23.8 Å². The van der Waals surface area contributed by atoms with Crippen LogP contribution in [0.4, 0.5) is 4.79 Å². The van der Waals surface area contributed by atoms with Crippen LogP contribution in [-0.2, 0) is 14.3 Å². The molecular weight excluding hydrogens is 350 g/mol. The largest absolute Gasteiger partial charge is 0.494 e. The normalized spacial score (nSPS) is 20.7. The first-order valence-corrected chi connectivity index (χ1v) is 9.04. The maximum Gasteiger partial charge on any atom is 0.338 e. The van der Waals surface area contributed by atoms with E-state index in [0.717, 1.165) is 13.1 Å². The zero-order valence-electron chi connectivity index (χ0n) is 15.6. The highest BCUT2D eigenvalue weighted by atomic mass is 16.5. The highest BCUT2D eigenvalue weighted by molar-refractivity contribution is 5.95. The number of morpholine rings is 1. The lowest BCUT2D eigenvalue weighted by molar-refractivity contribution is -0.136. The van der Waals surface area contributed by atoms with Gasteiger partial charge in [0.05, 0.1) is 38.5 Å². The molecule has 0 spiro atoms. The Balaban J connectivity index is 2.01. The average Bonchev–Trinajstić information content (AvgIpc) is 2.68. The molecule has 0 aromatic heterocycles. The van der Waals surface area contributed by atoms with E-state index in [1.807, 2.05) is 31.2 Å². The number of ether oxygens (including phenoxy) is 3. The summed E-state index contributed by atoms with van der Waals surface area (Å²) in [6.45, 7) is 5.54. The van der Waals surface area contributed by atoms with E-state index in [2.05, 4.69) is 15.5 Å². The molecule has 8 heteroatoms. The fourth-order valence-corrected chi connectivity index (χ4v) is 3.32. The lowest BCUT2D eigenvalue weighted by Gasteiger charge is -2.33. The molecule has 3 rings (SSSR count). The summed E-state index contributed by atoms with van der Waals surface area (Å²) in [5.74, 6) is 0.140. The van der Waals surface area contributed by atoms with Gasteiger partial charge in [0.2, 0.25) is 0 Å². The molecule has 2 aliphatic heterocycles. The number of methoxy groups -OCH3 is 1. The van der Waals surface area contributed by atoms with Gasteiger partial charge in [0.15, 0.2) is 0 Å². The Morgan fingerprint density at radius 3 is 2.74 bits per heavy atom. The van der Waals surface area contributed by atoms with Crippen LogP contribution in [0.25, 0.3) is 0 Å². The molecule has 1 atom stereocenters. The summed E-state index contributed by atoms with van der Waals surface area (Å²) in [5, 5.41) is 5.62. The number of rotatable bonds is 6. The van der Waals surface area contributed by atoms with Crippen LogP contribution < -0.4 is 15.4 Å². The first kappa shape index (κ1) is 19.2. The van der Waals surface area contributed by atoms with Gasteiger partial charge in [-0.05, 0) is 13.0 Å². The Kier molecular flexibility index (Phi) is 6.31. The Labute approximate surface area is 158 Å². The van der Waals surface area contributed by atoms with Crippen molar-refractivity contribution in [2.24, 2.45) is 0 Å². The van der Waals surface area contributed by atoms with Crippen LogP contribution in [0.5, 0.6) is 5.75 Å². The highest BCUT2D eigenvalue weighted by Crippen LogP contribution is 2.33. The summed E-state index contributed by atoms with van der Waals surface area (Å²) >= 11 is 0. The number of esters is 1. The molecule has 1 saturated heterocycles. The van der Waals surface area contributed by atoms with Gasteiger partial charge < -0.3 is 24.8 Å². The highest BCUT2D eigenvalue weighted by Gasteiger charge is 2.35. The fraction of sp³-hybridized carbons (Fsp3) is 0.474. The fourth-order valence-electron chi connectivity index (χ4n) is 3.32. The second-order valence-electron chi connectivity index (χ2n) is 6.27. The summed E-state index contributed by atoms with van der Waals surface area (Å²) in [7, 11) is 1.34. The molecule has 2 amide bonds. The molecule has 0 saturated carbocycles. The number of nitrogens with one attached hydrogen (secondary N) is 2. The number of hydrogen-bond acceptors (Lipinski definition) is 6. The summed E-state index contributed by atoms with van der Waals surface area (Å²) in [6, 6.07) is 6.36. The van der Waals surface area contributed by atoms with E-state index in [1.54, 1.807) is 0 Å². The van der Waals surface area contributed by atoms with Gasteiger partial charge in [-0.25, -0.2) is 9.59 Å². The average molecular weight is 375 g/mol. The smallest absolute Gasteiger partial charge is 0.338 e. The molecule has 2 heterocycles. The quantitative estimate of drug-likeness (QED) is 0.727. The predicted octanol–water partition coefficient (Wildman–Crippen LogP) is 1.20. The number of para-hydroxylation sites is 1. The van der Waals surface area contributed by atoms with Gasteiger partial charge in [0, 0.05) is 30.9 Å². The van der Waals surface area contributed by atoms with Crippen molar-refractivity contribution in [2.75, 3.05) is 46.6 Å². The number of nitrogens with zero attached hydrogens (tertiary/aromatic N) is 1. The second-order valence-corrected chi connectivity index (χ2v) is 6.27. The van der Waals surface area contributed by atoms with E-state index in [1.165, 1.54) is 7.11 Å². The standard InChI is InChI=1S/C19H25N3O5/c1-3-27-15-7-5-4-6-13(15)17-16(18(23)25-2)14(20-19(24)21-17)12-22-8-10-26-11-9-22/h4-7,17H,3,8-12H2,1-2H3,(H2,20,21,24)/t17-/m0/s1. The van der Waals surface area contributed by atoms with Crippen LogP contribution in [0.1, 0.15) is 18.5 Å². The van der Waals surface area contributed by atoms with Gasteiger partial charge in [0.1, 0.15) is 5.75 Å². The third kappa shape index (κ3) is 4.40. The van der Waals surface area contributed by atoms with Crippen molar-refractivity contribution in [3.8, 4) is 5.75 Å². The lowest BCUT2D eigenvalue weighted by atomic mass is 9.94. The van der Waals surface area contributed by atoms with Gasteiger partial charge >= 0.3 is 12.0 Å². The van der Waals surface area contributed by atoms with E-state index in [9.17, 15) is 9.59 Å². The first-order chi connectivity index (χ1) is 13.1. The molecule has 1 aromatic rings. The van der Waals surface area contributed by atoms with Crippen LogP contribution >= 0.6 is 0 Å². The van der Waals surface area contributed by atoms with Crippen LogP contribution in [0.15, 0.2) is 35.5 Å². The maximum absolute atomic E-state index is 12.6. The molecule has 0 bridgehead atoms. The van der Waals surface area contributed by atoms with Crippen molar-refractivity contribution in [3.05, 3.63) is 41.1 Å². The topological polar surface area (TPSA) is 89.1 Å². The molecule has 27 heavy (non-hydrogen) atoms. The number of amides is 2. The molecule has 0 aliphatic carbocycles. The third-order valence-electron chi connectivity index (χ3n) is 4.57. The summed E-state index contributed by atoms with van der Waals surface area (Å²) < 4.78 is 16.1. The van der Waals surface area contributed by atoms with E-state index < -0.39 is 12.0 Å². The lowest BCUT2D eigenvalue weighted by Crippen LogP contribution is -2.49. The Morgan fingerprint density at radius 2 is 2.04 bits per heavy atom. The number of carbonyl (C=O) groups excluding carboxylic acids is 2. The SMILES string of the molecule is CCOc1ccccc1[C@@H]1NC(=O)NC(CN2CCOCC2)=C1C(=O)OC. The molecule has 2 N–H and O–H groups in total. The van der Waals surface area contributed by atoms with E-state index in [4.69, 9.17) is 14.2 Å². The molecule has 1 aromatic carbocycles. The Morgan fingerprint density at radius 1 is 1.30 bits per heavy atom. The molecule has 2 aliphatic rings. The second kappa shape index (κ2) is 8.88. The first-order valence-electron chi connectivity index (χ1n) is 9.04. The Bertz CT molecular complexity index is 728. The predicted molar refractivity (Wildman–Crippen MR) is 98.3 cm³/mol. The van der Waals surface area contributed by atoms with Crippen LogP contribution in [0, 0.1) is 0 Å². The van der Waals surface area contributed by atoms with Gasteiger partial charge in [-0.3, -0.25) is 4.90 Å². The number of urea groups is 1. The Hall–Kier alpha value is -2.58. The van der Waals surface area contributed by atoms with Crippen molar-refractivity contribution in [3.63, 3.8) is 0 Å². The molecular formula is C19H25N3O5. The maximum atomic E-state index is 12.6. The minimum Gasteiger partial charge on any atom is -0.494 e. The van der Waals surface area contributed by atoms with Crippen molar-refractivity contribution in [2.45, 2.75) is 13.0 Å². The third-order valence-corrected chi connectivity index (χ3v) is 4.57. The summed E-state index contributed by atoms with van der Waals surface area (Å²) in [5.41, 5.74) is 1.65. The zero-order chi connectivity index (χ0) is 19.2. The van der Waals surface area contributed by atoms with Crippen molar-refractivity contribution >= 4 is 12.0 Å². The minimum absolute atomic E-state index is 0.359. The van der Waals surface area contributed by atoms with Crippen LogP contribution in [0.3, 0.4) is 0 Å². The number of hydrogen-bond donors (Lipinski definition) is 2. The zero-order valence-corrected chi connectivity index (χ0v) is 15.6. The molecule has 1 fully saturated rings. The molecule has 0 unspecified atom stereocenters. The van der Waals surface area contributed by atoms with E-state index in [-0.39, 0.29) is 6.03 Å². The van der Waals surface area contributed by atoms with Crippen molar-refractivity contribution in [1.29, 1.82) is 0 Å². The van der Waals surface area contributed by atoms with Gasteiger partial charge in [-0.15, -0.1) is 0 Å². The molecule has 8 nitrogen and oxygen atoms in total. The van der Waals surface area contributed by atoms with Gasteiger partial charge in [-0.1, -0.05) is 18.2 Å². The van der Waals surface area contributed by atoms with Crippen LogP contribution in [0.2, 0.25) is 0 Å². The van der Waals surface area contributed by atoms with E-state index in [0.29, 0.717) is 48.9 Å². The van der Waals surface area contributed by atoms with Crippen molar-refractivity contribution in [1.82, 2.24) is 15.5 Å². The van der Waals surface area contributed by atoms with Gasteiger partial charge in [0.25, 0.3) is 0 Å². The monoisotopic (exact) mass is 375 g/mol. The number of benzene rings is 1. The van der Waals surface area contributed by atoms with Gasteiger partial charge in [-0.2, -0.15) is 0 Å². The van der Waals surface area contributed by atoms with E-state index >= 15 is 0 Å². The minimum atomic E-state index is -0.648. The summed E-state index contributed by atoms with van der Waals surface area (Å²) in [4.78, 5) is 27.1. The molecule has 146 valence electrons. The molecule has 0 radical (unpaired) electrons. The summed E-state index contributed by atoms with van der Waals surface area (Å²) in [6.07, 6.45) is 0. The van der Waals surface area contributed by atoms with Crippen LogP contribution in [-0.4, -0.2) is 63.5 Å². The number of carbonyl (C=O) groups is 2.